The Balaban J connectivity index is 2.17. The number of halogens is 10. The Morgan fingerprint density at radius 3 is 1.36 bits per heavy atom. The molecule has 1 aliphatic rings. The predicted molar refractivity (Wildman–Crippen MR) is 165 cm³/mol. The molecule has 0 saturated heterocycles. The lowest BCUT2D eigenvalue weighted by Gasteiger charge is -2.41. The SMILES string of the molecule is Cc1cc(C)c(P2C(c3ccccc3)=N[B-](c3c(F)c(F)c(F)c(F)c3F)(c3c(F)c(F)c(F)c(F)c3F)/C2=C/C(C)(C)C)c(C)c1. The van der Waals surface area contributed by atoms with Crippen LogP contribution >= 0.6 is 7.92 Å². The third-order valence-electron chi connectivity index (χ3n) is 8.01. The van der Waals surface area contributed by atoms with Crippen molar-refractivity contribution in [2.45, 2.75) is 41.5 Å². The van der Waals surface area contributed by atoms with Gasteiger partial charge in [0.2, 0.25) is 0 Å². The molecule has 1 aliphatic heterocycles. The zero-order valence-electron chi connectivity index (χ0n) is 25.9. The van der Waals surface area contributed by atoms with Crippen LogP contribution in [-0.4, -0.2) is 11.7 Å². The summed E-state index contributed by atoms with van der Waals surface area (Å²) in [5.74, 6) is -25.1. The molecule has 0 fully saturated rings. The van der Waals surface area contributed by atoms with E-state index in [1.165, 1.54) is 18.2 Å². The predicted octanol–water partition coefficient (Wildman–Crippen LogP) is 8.80. The Hall–Kier alpha value is -3.92. The van der Waals surface area contributed by atoms with Gasteiger partial charge in [-0.25, -0.2) is 43.9 Å². The third kappa shape index (κ3) is 5.38. The van der Waals surface area contributed by atoms with Crippen molar-refractivity contribution < 1.29 is 43.9 Å². The minimum absolute atomic E-state index is 0.0842. The highest BCUT2D eigenvalue weighted by Gasteiger charge is 2.51. The van der Waals surface area contributed by atoms with Gasteiger partial charge in [0.1, 0.15) is 23.3 Å². The van der Waals surface area contributed by atoms with Crippen LogP contribution in [0.15, 0.2) is 58.7 Å². The molecule has 47 heavy (non-hydrogen) atoms. The lowest BCUT2D eigenvalue weighted by atomic mass is 9.27. The van der Waals surface area contributed by atoms with E-state index in [4.69, 9.17) is 0 Å². The van der Waals surface area contributed by atoms with Gasteiger partial charge in [-0.2, -0.15) is 5.21 Å². The number of nitrogens with zero attached hydrogens (tertiary/aromatic N) is 1. The fourth-order valence-corrected chi connectivity index (χ4v) is 9.79. The van der Waals surface area contributed by atoms with E-state index < -0.39 is 88.7 Å². The molecule has 0 N–H and O–H groups in total. The smallest absolute Gasteiger partial charge is 0.200 e. The van der Waals surface area contributed by atoms with Crippen LogP contribution in [0.1, 0.15) is 43.0 Å². The monoisotopic (exact) mass is 680 g/mol. The first-order valence-corrected chi connectivity index (χ1v) is 15.6. The summed E-state index contributed by atoms with van der Waals surface area (Å²) in [6.07, 6.45) is -3.22. The van der Waals surface area contributed by atoms with Crippen LogP contribution in [0.2, 0.25) is 0 Å². The standard InChI is InChI=1S/C34H26BF10NP/c1-15-12-16(2)32(17(3)13-15)47-19(14-34(4,5)6)35(46-33(47)18-10-8-7-9-11-18,20-22(36)26(40)30(44)27(41)23(20)37)21-24(38)28(42)31(45)29(43)25(21)39/h7-14H,1-6H3/q-1/b19-14-. The van der Waals surface area contributed by atoms with Crippen molar-refractivity contribution in [2.75, 3.05) is 0 Å². The summed E-state index contributed by atoms with van der Waals surface area (Å²) < 4.78 is 153. The van der Waals surface area contributed by atoms with Gasteiger partial charge in [-0.1, -0.05) is 79.7 Å². The maximum absolute atomic E-state index is 16.1. The number of hydrogen-bond acceptors (Lipinski definition) is 1. The van der Waals surface area contributed by atoms with Crippen LogP contribution in [0.5, 0.6) is 0 Å². The Morgan fingerprint density at radius 1 is 0.596 bits per heavy atom. The molecule has 1 heterocycles. The molecule has 4 aromatic carbocycles. The van der Waals surface area contributed by atoms with Crippen molar-refractivity contribution in [3.63, 3.8) is 0 Å². The molecule has 0 spiro atoms. The van der Waals surface area contributed by atoms with E-state index in [0.29, 0.717) is 16.4 Å². The molecule has 0 amide bonds. The minimum atomic E-state index is -4.54. The molecule has 5 rings (SSSR count). The van der Waals surface area contributed by atoms with E-state index in [1.54, 1.807) is 71.9 Å². The molecule has 1 unspecified atom stereocenters. The number of rotatable bonds is 4. The highest BCUT2D eigenvalue weighted by Crippen LogP contribution is 2.59. The molecule has 1 atom stereocenters. The average molecular weight is 680 g/mol. The van der Waals surface area contributed by atoms with Crippen molar-refractivity contribution in [3.05, 3.63) is 134 Å². The number of benzene rings is 4. The Morgan fingerprint density at radius 2 is 0.979 bits per heavy atom. The molecule has 0 bridgehead atoms. The summed E-state index contributed by atoms with van der Waals surface area (Å²) in [6.45, 7) is 9.93. The Labute approximate surface area is 265 Å². The lowest BCUT2D eigenvalue weighted by Crippen LogP contribution is -2.63. The molecule has 4 aromatic rings. The van der Waals surface area contributed by atoms with Crippen LogP contribution < -0.4 is 16.2 Å². The van der Waals surface area contributed by atoms with E-state index in [2.05, 4.69) is 4.90 Å². The van der Waals surface area contributed by atoms with Gasteiger partial charge in [0, 0.05) is 5.45 Å². The largest absolute Gasteiger partial charge is 0.482 e. The van der Waals surface area contributed by atoms with E-state index in [0.717, 1.165) is 5.56 Å². The summed E-state index contributed by atoms with van der Waals surface area (Å²) in [5.41, 5.74) is -2.59. The lowest BCUT2D eigenvalue weighted by molar-refractivity contribution is 0.381. The molecule has 0 saturated carbocycles. The van der Waals surface area contributed by atoms with Crippen molar-refractivity contribution in [3.8, 4) is 0 Å². The fourth-order valence-electron chi connectivity index (χ4n) is 6.34. The van der Waals surface area contributed by atoms with Gasteiger partial charge in [0.15, 0.2) is 41.2 Å². The average Bonchev–Trinajstić information content (AvgIpc) is 3.30. The van der Waals surface area contributed by atoms with Gasteiger partial charge in [0.05, 0.1) is 0 Å². The van der Waals surface area contributed by atoms with Crippen LogP contribution in [0.3, 0.4) is 0 Å². The first-order valence-electron chi connectivity index (χ1n) is 14.3. The van der Waals surface area contributed by atoms with Crippen molar-refractivity contribution in [1.82, 2.24) is 0 Å². The molecule has 0 aromatic heterocycles. The first kappa shape index (κ1) is 34.4. The first-order chi connectivity index (χ1) is 21.8. The maximum atomic E-state index is 16.1. The number of hydrogen-bond donors (Lipinski definition) is 0. The molecule has 13 heteroatoms. The van der Waals surface area contributed by atoms with Gasteiger partial charge in [-0.15, -0.1) is 6.08 Å². The Kier molecular flexibility index (Phi) is 8.76. The van der Waals surface area contributed by atoms with E-state index in [9.17, 15) is 8.78 Å². The van der Waals surface area contributed by atoms with Crippen molar-refractivity contribution in [2.24, 2.45) is 10.3 Å². The van der Waals surface area contributed by atoms with Gasteiger partial charge < -0.3 is 4.90 Å². The van der Waals surface area contributed by atoms with Gasteiger partial charge in [-0.3, -0.25) is 0 Å². The van der Waals surface area contributed by atoms with Crippen molar-refractivity contribution in [1.29, 1.82) is 0 Å². The summed E-state index contributed by atoms with van der Waals surface area (Å²) >= 11 is 0. The number of allylic oxidation sites excluding steroid dienone is 1. The van der Waals surface area contributed by atoms with Crippen LogP contribution in [-0.2, 0) is 0 Å². The highest BCUT2D eigenvalue weighted by molar-refractivity contribution is 7.90. The van der Waals surface area contributed by atoms with Crippen molar-refractivity contribution >= 4 is 35.9 Å². The zero-order valence-corrected chi connectivity index (χ0v) is 26.8. The van der Waals surface area contributed by atoms with Crippen LogP contribution in [0, 0.1) is 84.4 Å². The van der Waals surface area contributed by atoms with E-state index >= 15 is 35.1 Å². The molecule has 0 radical (unpaired) electrons. The normalized spacial score (nSPS) is 17.1. The summed E-state index contributed by atoms with van der Waals surface area (Å²) in [5, 5.41) is 0.105. The summed E-state index contributed by atoms with van der Waals surface area (Å²) in [6, 6.07) is 11.2. The second kappa shape index (κ2) is 12.0. The molecule has 1 nitrogen and oxygen atoms in total. The Bertz CT molecular complexity index is 1870. The molecule has 0 aliphatic carbocycles. The van der Waals surface area contributed by atoms with Gasteiger partial charge >= 0.3 is 0 Å². The maximum Gasteiger partial charge on any atom is 0.200 e. The highest BCUT2D eigenvalue weighted by atomic mass is 31.1. The third-order valence-corrected chi connectivity index (χ3v) is 11.0. The topological polar surface area (TPSA) is 12.4 Å². The van der Waals surface area contributed by atoms with E-state index in [1.807, 2.05) is 0 Å². The minimum Gasteiger partial charge on any atom is -0.482 e. The number of aryl methyl sites for hydroxylation is 3. The fraction of sp³-hybridized carbons (Fsp3) is 0.206. The quantitative estimate of drug-likeness (QED) is 0.0672. The molecular weight excluding hydrogens is 654 g/mol. The van der Waals surface area contributed by atoms with Crippen LogP contribution in [0.4, 0.5) is 43.9 Å². The zero-order chi connectivity index (χ0) is 34.9. The summed E-state index contributed by atoms with van der Waals surface area (Å²) in [4.78, 5) is 4.49. The summed E-state index contributed by atoms with van der Waals surface area (Å²) in [7, 11) is -2.31. The second-order valence-electron chi connectivity index (χ2n) is 12.6. The molecular formula is C34H26BF10NP-. The van der Waals surface area contributed by atoms with Gasteiger partial charge in [-0.05, 0) is 56.1 Å². The van der Waals surface area contributed by atoms with E-state index in [-0.39, 0.29) is 16.2 Å². The second-order valence-corrected chi connectivity index (χ2v) is 14.7. The van der Waals surface area contributed by atoms with Crippen LogP contribution in [0.25, 0.3) is 0 Å². The molecule has 246 valence electrons. The van der Waals surface area contributed by atoms with Gasteiger partial charge in [0.25, 0.3) is 0 Å².